The van der Waals surface area contributed by atoms with E-state index in [2.05, 4.69) is 24.5 Å². The number of nitrogens with zero attached hydrogens (tertiary/aromatic N) is 5. The van der Waals surface area contributed by atoms with E-state index in [1.54, 1.807) is 12.1 Å². The van der Waals surface area contributed by atoms with E-state index >= 15 is 0 Å². The van der Waals surface area contributed by atoms with Gasteiger partial charge in [0, 0.05) is 52.0 Å². The third-order valence-corrected chi connectivity index (χ3v) is 8.84. The topological polar surface area (TPSA) is 98.7 Å². The summed E-state index contributed by atoms with van der Waals surface area (Å²) in [4.78, 5) is 26.6. The van der Waals surface area contributed by atoms with Crippen LogP contribution in [0.25, 0.3) is 0 Å². The lowest BCUT2D eigenvalue weighted by molar-refractivity contribution is -0.132. The summed E-state index contributed by atoms with van der Waals surface area (Å²) >= 11 is 11.8. The fourth-order valence-electron chi connectivity index (χ4n) is 5.02. The van der Waals surface area contributed by atoms with Crippen molar-refractivity contribution < 1.29 is 20.5 Å². The molecular weight excluding hydrogens is 566 g/mol. The van der Waals surface area contributed by atoms with Gasteiger partial charge in [0.15, 0.2) is 11.6 Å². The summed E-state index contributed by atoms with van der Waals surface area (Å²) in [5.74, 6) is -1.37. The monoisotopic (exact) mass is 596 g/mol. The van der Waals surface area contributed by atoms with Crippen LogP contribution in [0.4, 0.5) is 21.6 Å². The number of rotatable bonds is 6. The normalized spacial score (nSPS) is 16.6. The maximum atomic E-state index is 13.9. The summed E-state index contributed by atoms with van der Waals surface area (Å²) in [6.07, 6.45) is 2.72. The van der Waals surface area contributed by atoms with E-state index in [9.17, 15) is 17.6 Å². The fraction of sp³-hybridized carbons (Fsp3) is 0.346. The van der Waals surface area contributed by atoms with Gasteiger partial charge in [0.1, 0.15) is 6.04 Å². The molecule has 0 spiro atoms. The molecule has 1 N–H and O–H groups in total. The molecule has 2 aliphatic heterocycles. The molecule has 1 aromatic heterocycles. The molecule has 2 aromatic carbocycles. The molecule has 1 fully saturated rings. The molecule has 39 heavy (non-hydrogen) atoms. The van der Waals surface area contributed by atoms with E-state index in [1.165, 1.54) is 17.7 Å². The maximum absolute atomic E-state index is 13.9. The summed E-state index contributed by atoms with van der Waals surface area (Å²) in [7, 11) is -4.09. The van der Waals surface area contributed by atoms with Gasteiger partial charge in [-0.25, -0.2) is 17.8 Å². The minimum atomic E-state index is -4.09. The van der Waals surface area contributed by atoms with Crippen LogP contribution in [-0.2, 0) is 21.2 Å². The van der Waals surface area contributed by atoms with Crippen molar-refractivity contribution in [1.29, 1.82) is 0 Å². The number of sulfonamides is 1. The molecule has 0 bridgehead atoms. The molecule has 2 aliphatic rings. The van der Waals surface area contributed by atoms with Crippen molar-refractivity contribution in [3.63, 3.8) is 0 Å². The highest BCUT2D eigenvalue weighted by molar-refractivity contribution is 7.92. The van der Waals surface area contributed by atoms with E-state index in [0.717, 1.165) is 37.0 Å². The Labute approximate surface area is 239 Å². The molecule has 0 unspecified atom stereocenters. The largest absolute Gasteiger partial charge is 0.368 e. The molecule has 0 saturated carbocycles. The Bertz CT molecular complexity index is 1500. The number of piperazine rings is 1. The number of anilines is 3. The molecule has 1 amide bonds. The summed E-state index contributed by atoms with van der Waals surface area (Å²) in [6, 6.07) is 11.8. The van der Waals surface area contributed by atoms with Gasteiger partial charge in [-0.3, -0.25) is 9.52 Å². The van der Waals surface area contributed by atoms with Gasteiger partial charge in [0.2, 0.25) is 11.2 Å². The predicted molar refractivity (Wildman–Crippen MR) is 154 cm³/mol. The van der Waals surface area contributed by atoms with Crippen molar-refractivity contribution in [2.24, 2.45) is 0 Å². The van der Waals surface area contributed by atoms with Crippen LogP contribution in [0.1, 0.15) is 21.8 Å². The third kappa shape index (κ3) is 5.90. The maximum Gasteiger partial charge on any atom is 0.263 e. The second-order valence-electron chi connectivity index (χ2n) is 9.49. The number of halogens is 3. The summed E-state index contributed by atoms with van der Waals surface area (Å²) in [5, 5.41) is 0.430. The zero-order chi connectivity index (χ0) is 27.7. The Hall–Kier alpha value is -3.15. The molecule has 210 valence electrons. The van der Waals surface area contributed by atoms with Crippen molar-refractivity contribution in [3.8, 4) is 0 Å². The SMILES string of the molecule is C[C@@H](C(=O)N1CCN(c2ccc(S(=O)(=O)Nc3nc(Cl)ncc3F)cc2)CC1)N1CCCc2cc(Cl)ccc21.[HH].[HH]. The number of carbonyl (C=O) groups is 1. The Morgan fingerprint density at radius 1 is 1.08 bits per heavy atom. The van der Waals surface area contributed by atoms with Crippen LogP contribution in [-0.4, -0.2) is 68.0 Å². The van der Waals surface area contributed by atoms with Gasteiger partial charge in [0.05, 0.1) is 11.1 Å². The van der Waals surface area contributed by atoms with Crippen LogP contribution >= 0.6 is 23.2 Å². The quantitative estimate of drug-likeness (QED) is 0.411. The average molecular weight is 598 g/mol. The van der Waals surface area contributed by atoms with Crippen LogP contribution in [0.15, 0.2) is 53.6 Å². The third-order valence-electron chi connectivity index (χ3n) is 7.07. The van der Waals surface area contributed by atoms with Crippen LogP contribution in [0, 0.1) is 5.82 Å². The lowest BCUT2D eigenvalue weighted by Gasteiger charge is -2.41. The molecule has 13 heteroatoms. The van der Waals surface area contributed by atoms with E-state index in [1.807, 2.05) is 30.0 Å². The average Bonchev–Trinajstić information content (AvgIpc) is 2.94. The van der Waals surface area contributed by atoms with Crippen LogP contribution < -0.4 is 14.5 Å². The lowest BCUT2D eigenvalue weighted by Crippen LogP contribution is -2.55. The number of hydrogen-bond donors (Lipinski definition) is 1. The minimum absolute atomic E-state index is 0. The highest BCUT2D eigenvalue weighted by Crippen LogP contribution is 2.31. The van der Waals surface area contributed by atoms with Crippen molar-refractivity contribution in [3.05, 3.63) is 70.3 Å². The van der Waals surface area contributed by atoms with Crippen LogP contribution in [0.2, 0.25) is 10.3 Å². The van der Waals surface area contributed by atoms with Gasteiger partial charge in [-0.05, 0) is 79.4 Å². The van der Waals surface area contributed by atoms with Crippen molar-refractivity contribution in [2.75, 3.05) is 47.2 Å². The van der Waals surface area contributed by atoms with Crippen molar-refractivity contribution >= 4 is 56.3 Å². The van der Waals surface area contributed by atoms with Crippen molar-refractivity contribution in [2.45, 2.75) is 30.7 Å². The number of nitrogens with one attached hydrogen (secondary N) is 1. The number of amides is 1. The Balaban J connectivity index is 0.00000231. The first-order chi connectivity index (χ1) is 18.6. The Kier molecular flexibility index (Phi) is 7.84. The van der Waals surface area contributed by atoms with Gasteiger partial charge in [-0.2, -0.15) is 4.98 Å². The summed E-state index contributed by atoms with van der Waals surface area (Å²) < 4.78 is 41.4. The first-order valence-corrected chi connectivity index (χ1v) is 14.8. The van der Waals surface area contributed by atoms with Gasteiger partial charge in [0.25, 0.3) is 10.0 Å². The van der Waals surface area contributed by atoms with E-state index < -0.39 is 21.7 Å². The molecule has 0 radical (unpaired) electrons. The summed E-state index contributed by atoms with van der Waals surface area (Å²) in [6.45, 7) is 5.11. The highest BCUT2D eigenvalue weighted by atomic mass is 35.5. The predicted octanol–water partition coefficient (Wildman–Crippen LogP) is 4.71. The number of hydrogen-bond acceptors (Lipinski definition) is 7. The minimum Gasteiger partial charge on any atom is -0.368 e. The van der Waals surface area contributed by atoms with Gasteiger partial charge < -0.3 is 14.7 Å². The second-order valence-corrected chi connectivity index (χ2v) is 12.0. The molecule has 1 saturated heterocycles. The molecule has 9 nitrogen and oxygen atoms in total. The number of aromatic nitrogens is 2. The van der Waals surface area contributed by atoms with Gasteiger partial charge in [-0.15, -0.1) is 0 Å². The Morgan fingerprint density at radius 2 is 1.79 bits per heavy atom. The standard InChI is InChI=1S/C26H27Cl2FN6O3S.2H2/c1-17(35-10-2-3-18-15-19(27)4-9-23(18)35)25(36)34-13-11-33(12-14-34)20-5-7-21(8-6-20)39(37,38)32-24-22(29)16-30-26(28)31-24;;/h4-9,15-17H,2-3,10-14H2,1H3,(H,30,31,32);2*1H/t17-;;/m0../s1. The molecule has 5 rings (SSSR count). The number of benzene rings is 2. The van der Waals surface area contributed by atoms with E-state index in [0.29, 0.717) is 31.2 Å². The lowest BCUT2D eigenvalue weighted by atomic mass is 10.00. The first-order valence-electron chi connectivity index (χ1n) is 12.5. The highest BCUT2D eigenvalue weighted by Gasteiger charge is 2.31. The van der Waals surface area contributed by atoms with E-state index in [4.69, 9.17) is 23.2 Å². The molecule has 3 heterocycles. The smallest absolute Gasteiger partial charge is 0.263 e. The zero-order valence-electron chi connectivity index (χ0n) is 21.1. The van der Waals surface area contributed by atoms with E-state index in [-0.39, 0.29) is 25.0 Å². The number of aryl methyl sites for hydroxylation is 1. The van der Waals surface area contributed by atoms with Gasteiger partial charge >= 0.3 is 0 Å². The fourth-order valence-corrected chi connectivity index (χ4v) is 6.36. The van der Waals surface area contributed by atoms with Crippen LogP contribution in [0.3, 0.4) is 0 Å². The van der Waals surface area contributed by atoms with Crippen LogP contribution in [0.5, 0.6) is 0 Å². The van der Waals surface area contributed by atoms with Gasteiger partial charge in [-0.1, -0.05) is 11.6 Å². The zero-order valence-corrected chi connectivity index (χ0v) is 23.5. The Morgan fingerprint density at radius 3 is 2.51 bits per heavy atom. The first kappa shape index (κ1) is 27.4. The van der Waals surface area contributed by atoms with Crippen molar-refractivity contribution in [1.82, 2.24) is 14.9 Å². The summed E-state index contributed by atoms with van der Waals surface area (Å²) in [5.41, 5.74) is 3.07. The number of carbonyl (C=O) groups excluding carboxylic acids is 1. The molecule has 0 aliphatic carbocycles. The second kappa shape index (κ2) is 11.1. The molecular formula is C26H31Cl2FN6O3S. The molecule has 3 aromatic rings. The molecule has 1 atom stereocenters. The number of fused-ring (bicyclic) bond motifs is 1.